The van der Waals surface area contributed by atoms with Crippen molar-refractivity contribution in [2.75, 3.05) is 0 Å². The first-order valence-corrected chi connectivity index (χ1v) is 27.8. The number of oxazole rings is 1. The van der Waals surface area contributed by atoms with Crippen molar-refractivity contribution in [3.63, 3.8) is 0 Å². The van der Waals surface area contributed by atoms with E-state index in [0.29, 0.717) is 5.92 Å². The van der Waals surface area contributed by atoms with Crippen LogP contribution in [-0.2, 0) is 17.3 Å². The third-order valence-corrected chi connectivity index (χ3v) is 26.9. The number of rotatable bonds is 18. The number of hydrogen-bond donors (Lipinski definition) is 0. The van der Waals surface area contributed by atoms with E-state index in [4.69, 9.17) is 13.8 Å². The summed E-state index contributed by atoms with van der Waals surface area (Å²) in [5, 5.41) is 0. The molecular formula is C37H57NO2SiSn. The molecule has 2 atom stereocenters. The van der Waals surface area contributed by atoms with Crippen LogP contribution in [0.5, 0.6) is 0 Å². The molecule has 1 aliphatic carbocycles. The number of unbranched alkanes of at least 4 members (excludes halogenated alkanes) is 4. The summed E-state index contributed by atoms with van der Waals surface area (Å²) in [7, 11) is -1.89. The predicted molar refractivity (Wildman–Crippen MR) is 185 cm³/mol. The molecule has 1 aliphatic rings. The molecule has 2 aromatic carbocycles. The summed E-state index contributed by atoms with van der Waals surface area (Å²) >= 11 is -2.71. The first-order valence-electron chi connectivity index (χ1n) is 17.2. The van der Waals surface area contributed by atoms with Crippen LogP contribution in [0.4, 0.5) is 0 Å². The van der Waals surface area contributed by atoms with Crippen molar-refractivity contribution >= 4 is 30.5 Å². The Hall–Kier alpha value is -1.37. The zero-order chi connectivity index (χ0) is 30.0. The van der Waals surface area contributed by atoms with E-state index in [1.54, 1.807) is 0 Å². The Labute approximate surface area is 262 Å². The van der Waals surface area contributed by atoms with Crippen molar-refractivity contribution in [1.82, 2.24) is 4.98 Å². The monoisotopic (exact) mass is 695 g/mol. The molecule has 2 unspecified atom stereocenters. The maximum atomic E-state index is 7.23. The average Bonchev–Trinajstić information content (AvgIpc) is 3.67. The standard InChI is InChI=1S/C25H30NO2Si.3C4H9.Sn/c1-4-5-15-29(2,3)28-24(25-26-13-14-27-25)23-17-21-12-11-20(16-22(21)18-23)19-9-7-6-8-10-19;3*1-3-4-2;/h6-13,16,23-24H,4-5,15,17-18H2,1-3H3;3*1,3-4H2,2H3;. The molecule has 0 saturated heterocycles. The van der Waals surface area contributed by atoms with Crippen LogP contribution in [0.1, 0.15) is 102 Å². The molecule has 42 heavy (non-hydrogen) atoms. The fourth-order valence-electron chi connectivity index (χ4n) is 6.98. The summed E-state index contributed by atoms with van der Waals surface area (Å²) in [6, 6.07) is 19.0. The van der Waals surface area contributed by atoms with Crippen LogP contribution in [-0.4, -0.2) is 31.7 Å². The molecule has 4 rings (SSSR count). The Kier molecular flexibility index (Phi) is 12.8. The van der Waals surface area contributed by atoms with Gasteiger partial charge in [0.15, 0.2) is 0 Å². The minimum atomic E-state index is -2.71. The molecule has 1 heterocycles. The molecule has 3 aromatic rings. The zero-order valence-electron chi connectivity index (χ0n) is 27.5. The summed E-state index contributed by atoms with van der Waals surface area (Å²) < 4.78 is 19.8. The maximum absolute atomic E-state index is 7.23. The first kappa shape index (κ1) is 33.5. The van der Waals surface area contributed by atoms with E-state index in [9.17, 15) is 0 Å². The van der Waals surface area contributed by atoms with Gasteiger partial charge in [-0.3, -0.25) is 0 Å². The second kappa shape index (κ2) is 16.1. The van der Waals surface area contributed by atoms with Crippen molar-refractivity contribution in [2.45, 2.75) is 130 Å². The van der Waals surface area contributed by atoms with Crippen LogP contribution in [0.25, 0.3) is 11.1 Å². The summed E-state index contributed by atoms with van der Waals surface area (Å²) in [6.45, 7) is 14.1. The Morgan fingerprint density at radius 3 is 2.05 bits per heavy atom. The Bertz CT molecular complexity index is 1200. The van der Waals surface area contributed by atoms with Gasteiger partial charge in [-0.05, 0) is 0 Å². The first-order chi connectivity index (χ1) is 20.3. The van der Waals surface area contributed by atoms with Gasteiger partial charge in [-0.15, -0.1) is 0 Å². The number of hydrogen-bond acceptors (Lipinski definition) is 3. The van der Waals surface area contributed by atoms with E-state index in [2.05, 4.69) is 95.5 Å². The van der Waals surface area contributed by atoms with E-state index in [1.165, 1.54) is 96.8 Å². The Morgan fingerprint density at radius 2 is 1.43 bits per heavy atom. The van der Waals surface area contributed by atoms with Crippen molar-refractivity contribution in [3.05, 3.63) is 71.7 Å². The molecule has 0 spiro atoms. The molecule has 5 heteroatoms. The van der Waals surface area contributed by atoms with Crippen LogP contribution in [0.2, 0.25) is 32.4 Å². The zero-order valence-corrected chi connectivity index (χ0v) is 31.4. The number of benzene rings is 2. The van der Waals surface area contributed by atoms with Crippen molar-refractivity contribution in [1.29, 1.82) is 0 Å². The summed E-state index contributed by atoms with van der Waals surface area (Å²) in [6.07, 6.45) is 14.5. The van der Waals surface area contributed by atoms with Gasteiger partial charge in [-0.2, -0.15) is 0 Å². The topological polar surface area (TPSA) is 35.3 Å². The fourth-order valence-corrected chi connectivity index (χ4v) is 24.2. The summed E-state index contributed by atoms with van der Waals surface area (Å²) in [5.74, 6) is 1.26. The quantitative estimate of drug-likeness (QED) is 0.124. The van der Waals surface area contributed by atoms with Crippen LogP contribution in [0.3, 0.4) is 0 Å². The fraction of sp³-hybridized carbons (Fsp3) is 0.595. The van der Waals surface area contributed by atoms with Gasteiger partial charge in [0.2, 0.25) is 0 Å². The predicted octanol–water partition coefficient (Wildman–Crippen LogP) is 10.9. The molecule has 3 nitrogen and oxygen atoms in total. The molecule has 0 amide bonds. The molecule has 230 valence electrons. The number of fused-ring (bicyclic) bond motifs is 1. The minimum absolute atomic E-state index is 0.0580. The third-order valence-electron chi connectivity index (χ3n) is 9.60. The molecule has 0 saturated carbocycles. The van der Waals surface area contributed by atoms with E-state index < -0.39 is 26.7 Å². The van der Waals surface area contributed by atoms with Gasteiger partial charge in [-0.1, -0.05) is 6.07 Å². The molecule has 0 radical (unpaired) electrons. The molecular weight excluding hydrogens is 637 g/mol. The van der Waals surface area contributed by atoms with Gasteiger partial charge in [0.1, 0.15) is 0 Å². The third kappa shape index (κ3) is 8.62. The van der Waals surface area contributed by atoms with Gasteiger partial charge in [0.25, 0.3) is 0 Å². The molecule has 0 N–H and O–H groups in total. The summed E-state index contributed by atoms with van der Waals surface area (Å²) in [4.78, 5) is 5.13. The number of nitrogens with zero attached hydrogens (tertiary/aromatic N) is 1. The van der Waals surface area contributed by atoms with Crippen LogP contribution in [0, 0.1) is 5.92 Å². The molecule has 0 bridgehead atoms. The van der Waals surface area contributed by atoms with Crippen LogP contribution >= 0.6 is 0 Å². The number of aromatic nitrogens is 1. The van der Waals surface area contributed by atoms with Crippen LogP contribution < -0.4 is 3.78 Å². The van der Waals surface area contributed by atoms with Gasteiger partial charge in [0, 0.05) is 0 Å². The van der Waals surface area contributed by atoms with Gasteiger partial charge >= 0.3 is 257 Å². The SMILES string of the molecule is CCCC[Si](C)(C)OC(c1nc[c]([Sn]([CH2]CCC)([CH2]CCC)[CH2]CCC)o1)C1Cc2ccc(-c3ccccc3)cc2C1. The van der Waals surface area contributed by atoms with E-state index in [-0.39, 0.29) is 6.10 Å². The van der Waals surface area contributed by atoms with Crippen LogP contribution in [0.15, 0.2) is 59.1 Å². The van der Waals surface area contributed by atoms with Gasteiger partial charge in [0.05, 0.1) is 0 Å². The van der Waals surface area contributed by atoms with E-state index in [1.807, 2.05) is 0 Å². The normalized spacial score (nSPS) is 16.1. The Morgan fingerprint density at radius 1 is 0.810 bits per heavy atom. The second-order valence-electron chi connectivity index (χ2n) is 13.6. The van der Waals surface area contributed by atoms with Gasteiger partial charge < -0.3 is 0 Å². The van der Waals surface area contributed by atoms with Crippen molar-refractivity contribution < 1.29 is 8.84 Å². The molecule has 0 aliphatic heterocycles. The van der Waals surface area contributed by atoms with Gasteiger partial charge in [-0.25, -0.2) is 0 Å². The van der Waals surface area contributed by atoms with E-state index in [0.717, 1.165) is 18.7 Å². The average molecular weight is 695 g/mol. The van der Waals surface area contributed by atoms with Crippen molar-refractivity contribution in [3.8, 4) is 11.1 Å². The van der Waals surface area contributed by atoms with E-state index >= 15 is 0 Å². The van der Waals surface area contributed by atoms with Crippen molar-refractivity contribution in [2.24, 2.45) is 5.92 Å². The molecule has 0 fully saturated rings. The Balaban J connectivity index is 1.66. The summed E-state index contributed by atoms with van der Waals surface area (Å²) in [5.41, 5.74) is 5.54. The molecule has 1 aromatic heterocycles. The second-order valence-corrected chi connectivity index (χ2v) is 30.8.